The van der Waals surface area contributed by atoms with E-state index < -0.39 is 0 Å². The van der Waals surface area contributed by atoms with Gasteiger partial charge in [0.2, 0.25) is 5.91 Å². The van der Waals surface area contributed by atoms with E-state index >= 15 is 0 Å². The predicted octanol–water partition coefficient (Wildman–Crippen LogP) is 5.13. The molecule has 1 aliphatic carbocycles. The van der Waals surface area contributed by atoms with E-state index in [0.29, 0.717) is 23.0 Å². The number of thiazole rings is 1. The molecule has 1 heterocycles. The molecule has 6 nitrogen and oxygen atoms in total. The second kappa shape index (κ2) is 9.89. The van der Waals surface area contributed by atoms with E-state index in [0.717, 1.165) is 29.8 Å². The third kappa shape index (κ3) is 6.21. The summed E-state index contributed by atoms with van der Waals surface area (Å²) in [6, 6.07) is 5.45. The lowest BCUT2D eigenvalue weighted by Gasteiger charge is -2.22. The Hall–Kier alpha value is -2.12. The number of urea groups is 1. The molecule has 0 saturated heterocycles. The molecule has 1 fully saturated rings. The highest BCUT2D eigenvalue weighted by atomic mass is 35.5. The Kier molecular flexibility index (Phi) is 7.28. The van der Waals surface area contributed by atoms with Gasteiger partial charge in [-0.15, -0.1) is 11.3 Å². The molecule has 1 saturated carbocycles. The van der Waals surface area contributed by atoms with Gasteiger partial charge in [-0.2, -0.15) is 0 Å². The van der Waals surface area contributed by atoms with Gasteiger partial charge in [0.1, 0.15) is 0 Å². The molecule has 2 aromatic rings. The molecule has 0 atom stereocenters. The van der Waals surface area contributed by atoms with Crippen molar-refractivity contribution in [2.24, 2.45) is 0 Å². The first-order chi connectivity index (χ1) is 13.5. The van der Waals surface area contributed by atoms with Crippen LogP contribution in [0.5, 0.6) is 0 Å². The normalized spacial score (nSPS) is 14.5. The molecule has 1 aromatic heterocycles. The second-order valence-electron chi connectivity index (χ2n) is 7.08. The van der Waals surface area contributed by atoms with Gasteiger partial charge in [-0.25, -0.2) is 9.78 Å². The number of carbonyl (C=O) groups excluding carboxylic acids is 2. The number of anilines is 2. The number of aryl methyl sites for hydroxylation is 2. The molecule has 3 rings (SSSR count). The number of halogens is 1. The molecule has 3 N–H and O–H groups in total. The van der Waals surface area contributed by atoms with Crippen LogP contribution >= 0.6 is 22.9 Å². The number of amides is 3. The number of benzene rings is 1. The fourth-order valence-corrected chi connectivity index (χ4v) is 4.14. The Labute approximate surface area is 174 Å². The Morgan fingerprint density at radius 2 is 2.00 bits per heavy atom. The standard InChI is InChI=1S/C20H25ClN4O2S/c1-13-7-8-14(21)11-17(13)24-18(26)10-9-16-12-28-20(23-16)25-19(27)22-15-5-3-2-4-6-15/h7-8,11-12,15H,2-6,9-10H2,1H3,(H,24,26)(H2,22,23,25,27). The summed E-state index contributed by atoms with van der Waals surface area (Å²) in [6.07, 6.45) is 6.49. The number of aromatic nitrogens is 1. The largest absolute Gasteiger partial charge is 0.335 e. The summed E-state index contributed by atoms with van der Waals surface area (Å²) in [5.74, 6) is -0.0945. The highest BCUT2D eigenvalue weighted by Crippen LogP contribution is 2.21. The van der Waals surface area contributed by atoms with Crippen LogP contribution in [0.2, 0.25) is 5.02 Å². The molecule has 8 heteroatoms. The molecular weight excluding hydrogens is 396 g/mol. The maximum atomic E-state index is 12.2. The van der Waals surface area contributed by atoms with Crippen LogP contribution in [0.1, 0.15) is 49.8 Å². The fraction of sp³-hybridized carbons (Fsp3) is 0.450. The summed E-state index contributed by atoms with van der Waals surface area (Å²) in [6.45, 7) is 1.92. The minimum atomic E-state index is -0.207. The van der Waals surface area contributed by atoms with E-state index in [2.05, 4.69) is 20.9 Å². The summed E-state index contributed by atoms with van der Waals surface area (Å²) in [5.41, 5.74) is 2.47. The van der Waals surface area contributed by atoms with Crippen molar-refractivity contribution in [1.29, 1.82) is 0 Å². The summed E-state index contributed by atoms with van der Waals surface area (Å²) in [5, 5.41) is 11.7. The maximum absolute atomic E-state index is 12.2. The van der Waals surface area contributed by atoms with E-state index in [1.807, 2.05) is 18.4 Å². The lowest BCUT2D eigenvalue weighted by atomic mass is 9.96. The van der Waals surface area contributed by atoms with E-state index in [9.17, 15) is 9.59 Å². The Bertz CT molecular complexity index is 833. The first-order valence-corrected chi connectivity index (χ1v) is 10.8. The zero-order valence-corrected chi connectivity index (χ0v) is 17.5. The maximum Gasteiger partial charge on any atom is 0.321 e. The number of rotatable bonds is 6. The van der Waals surface area contributed by atoms with Crippen LogP contribution in [0.3, 0.4) is 0 Å². The van der Waals surface area contributed by atoms with Crippen LogP contribution in [0.25, 0.3) is 0 Å². The number of hydrogen-bond acceptors (Lipinski definition) is 4. The molecular formula is C20H25ClN4O2S. The van der Waals surface area contributed by atoms with Gasteiger partial charge in [-0.05, 0) is 43.9 Å². The van der Waals surface area contributed by atoms with Gasteiger partial charge < -0.3 is 10.6 Å². The highest BCUT2D eigenvalue weighted by molar-refractivity contribution is 7.13. The van der Waals surface area contributed by atoms with Gasteiger partial charge in [0.25, 0.3) is 0 Å². The molecule has 0 radical (unpaired) electrons. The summed E-state index contributed by atoms with van der Waals surface area (Å²) in [7, 11) is 0. The van der Waals surface area contributed by atoms with Gasteiger partial charge in [-0.3, -0.25) is 10.1 Å². The van der Waals surface area contributed by atoms with Crippen molar-refractivity contribution in [2.75, 3.05) is 10.6 Å². The zero-order chi connectivity index (χ0) is 19.9. The Morgan fingerprint density at radius 3 is 2.79 bits per heavy atom. The molecule has 0 unspecified atom stereocenters. The van der Waals surface area contributed by atoms with Gasteiger partial charge in [-0.1, -0.05) is 36.9 Å². The summed E-state index contributed by atoms with van der Waals surface area (Å²) < 4.78 is 0. The average molecular weight is 421 g/mol. The SMILES string of the molecule is Cc1ccc(Cl)cc1NC(=O)CCc1csc(NC(=O)NC2CCCCC2)n1. The minimum Gasteiger partial charge on any atom is -0.335 e. The third-order valence-electron chi connectivity index (χ3n) is 4.79. The molecule has 0 aliphatic heterocycles. The lowest BCUT2D eigenvalue weighted by molar-refractivity contribution is -0.116. The first kappa shape index (κ1) is 20.6. The smallest absolute Gasteiger partial charge is 0.321 e. The first-order valence-electron chi connectivity index (χ1n) is 9.57. The number of carbonyl (C=O) groups is 2. The van der Waals surface area contributed by atoms with Crippen LogP contribution in [-0.4, -0.2) is 23.0 Å². The Balaban J connectivity index is 1.44. The topological polar surface area (TPSA) is 83.1 Å². The van der Waals surface area contributed by atoms with E-state index in [4.69, 9.17) is 11.6 Å². The van der Waals surface area contributed by atoms with Crippen LogP contribution in [-0.2, 0) is 11.2 Å². The number of nitrogens with zero attached hydrogens (tertiary/aromatic N) is 1. The quantitative estimate of drug-likeness (QED) is 0.605. The van der Waals surface area contributed by atoms with E-state index in [1.165, 1.54) is 30.6 Å². The van der Waals surface area contributed by atoms with E-state index in [-0.39, 0.29) is 18.0 Å². The van der Waals surface area contributed by atoms with Gasteiger partial charge >= 0.3 is 6.03 Å². The molecule has 150 valence electrons. The third-order valence-corrected chi connectivity index (χ3v) is 5.84. The van der Waals surface area contributed by atoms with Crippen molar-refractivity contribution in [2.45, 2.75) is 57.9 Å². The van der Waals surface area contributed by atoms with Crippen molar-refractivity contribution in [3.05, 3.63) is 39.9 Å². The summed E-state index contributed by atoms with van der Waals surface area (Å²) in [4.78, 5) is 28.7. The van der Waals surface area contributed by atoms with E-state index in [1.54, 1.807) is 12.1 Å². The van der Waals surface area contributed by atoms with Crippen LogP contribution in [0.15, 0.2) is 23.6 Å². The van der Waals surface area contributed by atoms with Crippen LogP contribution in [0.4, 0.5) is 15.6 Å². The zero-order valence-electron chi connectivity index (χ0n) is 15.9. The number of nitrogens with one attached hydrogen (secondary N) is 3. The monoisotopic (exact) mass is 420 g/mol. The van der Waals surface area contributed by atoms with Crippen LogP contribution in [0, 0.1) is 6.92 Å². The number of hydrogen-bond donors (Lipinski definition) is 3. The van der Waals surface area contributed by atoms with Crippen molar-refractivity contribution >= 4 is 45.7 Å². The predicted molar refractivity (Wildman–Crippen MR) is 114 cm³/mol. The molecule has 0 spiro atoms. The Morgan fingerprint density at radius 1 is 1.21 bits per heavy atom. The lowest BCUT2D eigenvalue weighted by Crippen LogP contribution is -2.38. The summed E-state index contributed by atoms with van der Waals surface area (Å²) >= 11 is 7.35. The molecule has 1 aliphatic rings. The van der Waals surface area contributed by atoms with Crippen molar-refractivity contribution in [1.82, 2.24) is 10.3 Å². The molecule has 28 heavy (non-hydrogen) atoms. The average Bonchev–Trinajstić information content (AvgIpc) is 3.11. The molecule has 3 amide bonds. The highest BCUT2D eigenvalue weighted by Gasteiger charge is 2.16. The van der Waals surface area contributed by atoms with Gasteiger partial charge in [0, 0.05) is 28.6 Å². The molecule has 0 bridgehead atoms. The van der Waals surface area contributed by atoms with Crippen molar-refractivity contribution in [3.8, 4) is 0 Å². The van der Waals surface area contributed by atoms with Crippen molar-refractivity contribution < 1.29 is 9.59 Å². The van der Waals surface area contributed by atoms with Gasteiger partial charge in [0.05, 0.1) is 5.69 Å². The minimum absolute atomic E-state index is 0.0945. The molecule has 1 aromatic carbocycles. The second-order valence-corrected chi connectivity index (χ2v) is 8.38. The van der Waals surface area contributed by atoms with Crippen molar-refractivity contribution in [3.63, 3.8) is 0 Å². The van der Waals surface area contributed by atoms with Gasteiger partial charge in [0.15, 0.2) is 5.13 Å². The van der Waals surface area contributed by atoms with Crippen LogP contribution < -0.4 is 16.0 Å². The fourth-order valence-electron chi connectivity index (χ4n) is 3.23.